The van der Waals surface area contributed by atoms with Crippen molar-refractivity contribution in [2.24, 2.45) is 0 Å². The molecule has 4 nitrogen and oxygen atoms in total. The molecule has 11 heavy (non-hydrogen) atoms. The third-order valence-electron chi connectivity index (χ3n) is 1.61. The van der Waals surface area contributed by atoms with E-state index in [1.54, 1.807) is 13.8 Å². The van der Waals surface area contributed by atoms with Crippen LogP contribution in [0.25, 0.3) is 0 Å². The molecule has 0 aliphatic heterocycles. The normalized spacial score (nSPS) is 10.1. The van der Waals surface area contributed by atoms with E-state index in [0.29, 0.717) is 17.0 Å². The third kappa shape index (κ3) is 1.46. The summed E-state index contributed by atoms with van der Waals surface area (Å²) in [5, 5.41) is 8.83. The van der Waals surface area contributed by atoms with Gasteiger partial charge in [-0.1, -0.05) is 0 Å². The van der Waals surface area contributed by atoms with Gasteiger partial charge in [0, 0.05) is 11.3 Å². The topological polar surface area (TPSA) is 66.0 Å². The number of aliphatic hydroxyl groups is 1. The molecule has 0 atom stereocenters. The Kier molecular flexibility index (Phi) is 2.05. The van der Waals surface area contributed by atoms with Crippen LogP contribution in [0, 0.1) is 13.8 Å². The molecule has 1 aromatic heterocycles. The first kappa shape index (κ1) is 7.94. The van der Waals surface area contributed by atoms with Crippen molar-refractivity contribution in [1.29, 1.82) is 0 Å². The molecule has 1 rings (SSSR count). The number of aryl methyl sites for hydroxylation is 2. The van der Waals surface area contributed by atoms with E-state index in [1.807, 2.05) is 0 Å². The van der Waals surface area contributed by atoms with E-state index in [-0.39, 0.29) is 12.3 Å². The first-order chi connectivity index (χ1) is 5.15. The maximum absolute atomic E-state index is 10.7. The number of nitrogens with one attached hydrogen (secondary N) is 1. The fourth-order valence-electron chi connectivity index (χ4n) is 0.988. The molecule has 0 bridgehead atoms. The number of hydrogen-bond acceptors (Lipinski definition) is 3. The van der Waals surface area contributed by atoms with Crippen LogP contribution < -0.4 is 5.69 Å². The first-order valence-electron chi connectivity index (χ1n) is 3.32. The lowest BCUT2D eigenvalue weighted by atomic mass is 10.2. The van der Waals surface area contributed by atoms with Gasteiger partial charge in [0.25, 0.3) is 0 Å². The molecule has 2 N–H and O–H groups in total. The van der Waals surface area contributed by atoms with Crippen LogP contribution in [0.1, 0.15) is 17.0 Å². The van der Waals surface area contributed by atoms with Crippen LogP contribution in [0.2, 0.25) is 0 Å². The molecule has 1 aromatic rings. The van der Waals surface area contributed by atoms with E-state index in [0.717, 1.165) is 0 Å². The summed E-state index contributed by atoms with van der Waals surface area (Å²) in [5.41, 5.74) is 1.61. The maximum atomic E-state index is 10.7. The molecule has 0 aliphatic rings. The summed E-state index contributed by atoms with van der Waals surface area (Å²) in [4.78, 5) is 16.9. The Balaban J connectivity index is 3.36. The average Bonchev–Trinajstić information content (AvgIpc) is 1.85. The van der Waals surface area contributed by atoms with Crippen LogP contribution in [-0.4, -0.2) is 15.1 Å². The first-order valence-corrected chi connectivity index (χ1v) is 3.32. The zero-order valence-corrected chi connectivity index (χ0v) is 6.51. The Morgan fingerprint density at radius 1 is 1.55 bits per heavy atom. The van der Waals surface area contributed by atoms with E-state index >= 15 is 0 Å². The Morgan fingerprint density at radius 2 is 2.18 bits per heavy atom. The van der Waals surface area contributed by atoms with Crippen LogP contribution in [0.4, 0.5) is 0 Å². The van der Waals surface area contributed by atoms with Gasteiger partial charge in [0.1, 0.15) is 0 Å². The number of aromatic amines is 1. The maximum Gasteiger partial charge on any atom is 0.345 e. The molecule has 0 saturated carbocycles. The van der Waals surface area contributed by atoms with Crippen molar-refractivity contribution in [3.8, 4) is 0 Å². The molecule has 0 spiro atoms. The van der Waals surface area contributed by atoms with Crippen LogP contribution in [-0.2, 0) is 6.61 Å². The van der Waals surface area contributed by atoms with Crippen molar-refractivity contribution in [2.75, 3.05) is 0 Å². The van der Waals surface area contributed by atoms with E-state index in [9.17, 15) is 4.79 Å². The molecular formula is C7H10N2O2. The van der Waals surface area contributed by atoms with E-state index in [2.05, 4.69) is 9.97 Å². The third-order valence-corrected chi connectivity index (χ3v) is 1.61. The molecule has 0 aromatic carbocycles. The summed E-state index contributed by atoms with van der Waals surface area (Å²) in [7, 11) is 0. The van der Waals surface area contributed by atoms with Crippen molar-refractivity contribution in [2.45, 2.75) is 20.5 Å². The number of H-pyrrole nitrogens is 1. The van der Waals surface area contributed by atoms with E-state index in [1.165, 1.54) is 0 Å². The van der Waals surface area contributed by atoms with Gasteiger partial charge < -0.3 is 10.1 Å². The van der Waals surface area contributed by atoms with Gasteiger partial charge in [-0.15, -0.1) is 0 Å². The standard InChI is InChI=1S/C7H10N2O2/c1-4-6(3-10)5(2)9-7(11)8-4/h10H,3H2,1-2H3,(H,8,9,11). The summed E-state index contributed by atoms with van der Waals surface area (Å²) < 4.78 is 0. The molecule has 0 aliphatic carbocycles. The van der Waals surface area contributed by atoms with Gasteiger partial charge in [-0.2, -0.15) is 4.98 Å². The van der Waals surface area contributed by atoms with Gasteiger partial charge in [0.05, 0.1) is 12.3 Å². The highest BCUT2D eigenvalue weighted by atomic mass is 16.3. The van der Waals surface area contributed by atoms with Gasteiger partial charge in [0.2, 0.25) is 0 Å². The average molecular weight is 154 g/mol. The Morgan fingerprint density at radius 3 is 2.64 bits per heavy atom. The molecule has 0 saturated heterocycles. The molecule has 0 unspecified atom stereocenters. The summed E-state index contributed by atoms with van der Waals surface area (Å²) in [6.45, 7) is 3.36. The molecule has 0 amide bonds. The Bertz CT molecular complexity index is 290. The number of nitrogens with zero attached hydrogens (tertiary/aromatic N) is 1. The molecule has 60 valence electrons. The highest BCUT2D eigenvalue weighted by Crippen LogP contribution is 2.04. The van der Waals surface area contributed by atoms with Crippen molar-refractivity contribution < 1.29 is 5.11 Å². The van der Waals surface area contributed by atoms with Gasteiger partial charge in [0.15, 0.2) is 0 Å². The van der Waals surface area contributed by atoms with Gasteiger partial charge >= 0.3 is 5.69 Å². The van der Waals surface area contributed by atoms with Gasteiger partial charge in [-0.3, -0.25) is 0 Å². The van der Waals surface area contributed by atoms with Gasteiger partial charge in [-0.05, 0) is 13.8 Å². The smallest absolute Gasteiger partial charge is 0.345 e. The number of rotatable bonds is 1. The highest BCUT2D eigenvalue weighted by Gasteiger charge is 2.02. The number of hydrogen-bond donors (Lipinski definition) is 2. The van der Waals surface area contributed by atoms with Gasteiger partial charge in [-0.25, -0.2) is 4.79 Å². The molecular weight excluding hydrogens is 144 g/mol. The monoisotopic (exact) mass is 154 g/mol. The lowest BCUT2D eigenvalue weighted by Crippen LogP contribution is -2.15. The van der Waals surface area contributed by atoms with Crippen LogP contribution >= 0.6 is 0 Å². The predicted octanol–water partition coefficient (Wildman–Crippen LogP) is -0.121. The predicted molar refractivity (Wildman–Crippen MR) is 40.3 cm³/mol. The Labute approximate surface area is 63.9 Å². The van der Waals surface area contributed by atoms with Crippen LogP contribution in [0.5, 0.6) is 0 Å². The molecule has 0 fully saturated rings. The fourth-order valence-corrected chi connectivity index (χ4v) is 0.988. The molecule has 1 heterocycles. The van der Waals surface area contributed by atoms with Crippen molar-refractivity contribution in [3.05, 3.63) is 27.4 Å². The highest BCUT2D eigenvalue weighted by molar-refractivity contribution is 5.21. The van der Waals surface area contributed by atoms with E-state index < -0.39 is 0 Å². The quantitative estimate of drug-likeness (QED) is 0.592. The van der Waals surface area contributed by atoms with E-state index in [4.69, 9.17) is 5.11 Å². The summed E-state index contributed by atoms with van der Waals surface area (Å²) in [6.07, 6.45) is 0. The van der Waals surface area contributed by atoms with Crippen LogP contribution in [0.15, 0.2) is 4.79 Å². The minimum atomic E-state index is -0.364. The second-order valence-corrected chi connectivity index (χ2v) is 2.39. The summed E-state index contributed by atoms with van der Waals surface area (Å²) in [6, 6.07) is 0. The molecule has 0 radical (unpaired) electrons. The largest absolute Gasteiger partial charge is 0.392 e. The fraction of sp³-hybridized carbons (Fsp3) is 0.429. The second-order valence-electron chi connectivity index (χ2n) is 2.39. The van der Waals surface area contributed by atoms with Crippen molar-refractivity contribution in [1.82, 2.24) is 9.97 Å². The zero-order valence-electron chi connectivity index (χ0n) is 6.51. The second kappa shape index (κ2) is 2.84. The van der Waals surface area contributed by atoms with Crippen LogP contribution in [0.3, 0.4) is 0 Å². The SMILES string of the molecule is Cc1nc(=O)[nH]c(C)c1CO. The zero-order chi connectivity index (χ0) is 8.43. The lowest BCUT2D eigenvalue weighted by Gasteiger charge is -2.02. The minimum Gasteiger partial charge on any atom is -0.392 e. The lowest BCUT2D eigenvalue weighted by molar-refractivity contribution is 0.279. The summed E-state index contributed by atoms with van der Waals surface area (Å²) in [5.74, 6) is 0. The van der Waals surface area contributed by atoms with Crippen molar-refractivity contribution >= 4 is 0 Å². The Hall–Kier alpha value is -1.16. The van der Waals surface area contributed by atoms with Crippen molar-refractivity contribution in [3.63, 3.8) is 0 Å². The number of aromatic nitrogens is 2. The molecule has 4 heteroatoms. The summed E-state index contributed by atoms with van der Waals surface area (Å²) >= 11 is 0. The number of aliphatic hydroxyl groups excluding tert-OH is 1. The minimum absolute atomic E-state index is 0.0819.